The van der Waals surface area contributed by atoms with Crippen molar-refractivity contribution in [3.63, 3.8) is 0 Å². The van der Waals surface area contributed by atoms with Crippen LogP contribution in [0, 0.1) is 18.8 Å². The largest absolute Gasteiger partial charge is 0.366 e. The van der Waals surface area contributed by atoms with E-state index in [1.807, 2.05) is 35.8 Å². The summed E-state index contributed by atoms with van der Waals surface area (Å²) < 4.78 is 2.04. The number of hydrogen-bond donors (Lipinski definition) is 3. The molecule has 2 unspecified atom stereocenters. The standard InChI is InChI=1S/C28H30N6O/c1-17-12-22-21(26(29)35)8-5-9-25(22)34(17)28-32-24-14-20-16-30-11-10-19(20)13-23(24)27(33-28)31-15-18-6-3-2-4-7-18/h2-9,12,19-20,30H,10-11,13-16H2,1H3,(H2,29,35)(H,31,32,33). The molecule has 6 rings (SSSR count). The lowest BCUT2D eigenvalue weighted by atomic mass is 9.74. The van der Waals surface area contributed by atoms with Crippen molar-refractivity contribution in [3.8, 4) is 5.95 Å². The van der Waals surface area contributed by atoms with Crippen molar-refractivity contribution in [2.24, 2.45) is 17.6 Å². The van der Waals surface area contributed by atoms with Gasteiger partial charge in [-0.1, -0.05) is 36.4 Å². The number of hydrogen-bond acceptors (Lipinski definition) is 5. The monoisotopic (exact) mass is 466 g/mol. The van der Waals surface area contributed by atoms with E-state index in [-0.39, 0.29) is 0 Å². The van der Waals surface area contributed by atoms with Crippen LogP contribution in [0.3, 0.4) is 0 Å². The second kappa shape index (κ2) is 8.82. The summed E-state index contributed by atoms with van der Waals surface area (Å²) in [5, 5.41) is 8.02. The van der Waals surface area contributed by atoms with Crippen molar-refractivity contribution in [1.29, 1.82) is 0 Å². The van der Waals surface area contributed by atoms with E-state index in [4.69, 9.17) is 15.7 Å². The fourth-order valence-electron chi connectivity index (χ4n) is 5.77. The molecular formula is C28H30N6O. The van der Waals surface area contributed by atoms with Gasteiger partial charge in [-0.05, 0) is 74.9 Å². The van der Waals surface area contributed by atoms with Crippen molar-refractivity contribution in [3.05, 3.63) is 82.7 Å². The number of carbonyl (C=O) groups excluding carboxylic acids is 1. The Kier molecular flexibility index (Phi) is 5.49. The topological polar surface area (TPSA) is 97.9 Å². The van der Waals surface area contributed by atoms with E-state index in [1.54, 1.807) is 6.07 Å². The van der Waals surface area contributed by atoms with Crippen molar-refractivity contribution in [2.75, 3.05) is 18.4 Å². The third-order valence-electron chi connectivity index (χ3n) is 7.57. The fraction of sp³-hybridized carbons (Fsp3) is 0.321. The van der Waals surface area contributed by atoms with E-state index in [0.29, 0.717) is 29.9 Å². The minimum absolute atomic E-state index is 0.430. The first-order chi connectivity index (χ1) is 17.1. The number of benzene rings is 2. The molecular weight excluding hydrogens is 436 g/mol. The van der Waals surface area contributed by atoms with Crippen molar-refractivity contribution < 1.29 is 4.79 Å². The zero-order valence-electron chi connectivity index (χ0n) is 19.9. The van der Waals surface area contributed by atoms with Crippen molar-refractivity contribution >= 4 is 22.6 Å². The van der Waals surface area contributed by atoms with Crippen LogP contribution in [-0.2, 0) is 19.4 Å². The molecule has 0 radical (unpaired) electrons. The quantitative estimate of drug-likeness (QED) is 0.416. The number of nitrogens with two attached hydrogens (primary N) is 1. The number of anilines is 1. The first-order valence-electron chi connectivity index (χ1n) is 12.4. The lowest BCUT2D eigenvalue weighted by Crippen LogP contribution is -2.41. The van der Waals surface area contributed by atoms with Gasteiger partial charge in [0, 0.05) is 28.8 Å². The summed E-state index contributed by atoms with van der Waals surface area (Å²) in [5.41, 5.74) is 11.6. The van der Waals surface area contributed by atoms with Gasteiger partial charge in [0.1, 0.15) is 5.82 Å². The van der Waals surface area contributed by atoms with Crippen LogP contribution in [-0.4, -0.2) is 33.5 Å². The normalized spacial score (nSPS) is 19.2. The Morgan fingerprint density at radius 2 is 1.97 bits per heavy atom. The molecule has 1 fully saturated rings. The van der Waals surface area contributed by atoms with Crippen LogP contribution in [0.1, 0.15) is 39.3 Å². The molecule has 1 aliphatic heterocycles. The number of aryl methyl sites for hydroxylation is 1. The maximum Gasteiger partial charge on any atom is 0.249 e. The molecule has 1 saturated heterocycles. The number of carbonyl (C=O) groups is 1. The Bertz CT molecular complexity index is 1410. The molecule has 7 heteroatoms. The smallest absolute Gasteiger partial charge is 0.249 e. The number of piperidine rings is 1. The number of primary amides is 1. The molecule has 7 nitrogen and oxygen atoms in total. The van der Waals surface area contributed by atoms with Crippen LogP contribution in [0.25, 0.3) is 16.9 Å². The molecule has 3 heterocycles. The van der Waals surface area contributed by atoms with E-state index in [2.05, 4.69) is 34.9 Å². The minimum atomic E-state index is -0.430. The summed E-state index contributed by atoms with van der Waals surface area (Å²) in [6.45, 7) is 4.85. The molecule has 1 aliphatic carbocycles. The predicted molar refractivity (Wildman–Crippen MR) is 138 cm³/mol. The number of nitrogens with one attached hydrogen (secondary N) is 2. The van der Waals surface area contributed by atoms with Gasteiger partial charge in [-0.3, -0.25) is 9.36 Å². The summed E-state index contributed by atoms with van der Waals surface area (Å²) >= 11 is 0. The van der Waals surface area contributed by atoms with Crippen LogP contribution in [0.15, 0.2) is 54.6 Å². The van der Waals surface area contributed by atoms with E-state index >= 15 is 0 Å². The molecule has 4 N–H and O–H groups in total. The summed E-state index contributed by atoms with van der Waals surface area (Å²) in [5.74, 6) is 2.39. The Labute approximate surface area is 204 Å². The van der Waals surface area contributed by atoms with Crippen LogP contribution >= 0.6 is 0 Å². The molecule has 2 atom stereocenters. The molecule has 2 aliphatic rings. The van der Waals surface area contributed by atoms with E-state index in [9.17, 15) is 4.79 Å². The highest BCUT2D eigenvalue weighted by atomic mass is 16.1. The van der Waals surface area contributed by atoms with Gasteiger partial charge >= 0.3 is 0 Å². The number of aromatic nitrogens is 3. The summed E-state index contributed by atoms with van der Waals surface area (Å²) in [6, 6.07) is 18.0. The molecule has 35 heavy (non-hydrogen) atoms. The van der Waals surface area contributed by atoms with Gasteiger partial charge in [-0.2, -0.15) is 4.98 Å². The lowest BCUT2D eigenvalue weighted by molar-refractivity contribution is 0.100. The Morgan fingerprint density at radius 1 is 1.11 bits per heavy atom. The number of rotatable bonds is 5. The first kappa shape index (κ1) is 21.8. The average Bonchev–Trinajstić information content (AvgIpc) is 3.22. The van der Waals surface area contributed by atoms with Crippen LogP contribution < -0.4 is 16.4 Å². The summed E-state index contributed by atoms with van der Waals surface area (Å²) in [7, 11) is 0. The molecule has 0 bridgehead atoms. The third-order valence-corrected chi connectivity index (χ3v) is 7.57. The van der Waals surface area contributed by atoms with Gasteiger partial charge in [0.05, 0.1) is 11.2 Å². The van der Waals surface area contributed by atoms with E-state index < -0.39 is 5.91 Å². The van der Waals surface area contributed by atoms with Gasteiger partial charge < -0.3 is 16.4 Å². The van der Waals surface area contributed by atoms with Gasteiger partial charge in [0.2, 0.25) is 11.9 Å². The number of nitrogens with zero attached hydrogens (tertiary/aromatic N) is 3. The Hall–Kier alpha value is -3.71. The fourth-order valence-corrected chi connectivity index (χ4v) is 5.77. The molecule has 0 saturated carbocycles. The van der Waals surface area contributed by atoms with Gasteiger partial charge in [0.15, 0.2) is 0 Å². The predicted octanol–water partition coefficient (Wildman–Crippen LogP) is 3.76. The SMILES string of the molecule is Cc1cc2c(C(N)=O)cccc2n1-c1nc2c(c(NCc3ccccc3)n1)CC1CCNCC1C2. The van der Waals surface area contributed by atoms with Crippen LogP contribution in [0.2, 0.25) is 0 Å². The van der Waals surface area contributed by atoms with E-state index in [0.717, 1.165) is 54.0 Å². The van der Waals surface area contributed by atoms with Crippen LogP contribution in [0.5, 0.6) is 0 Å². The molecule has 4 aromatic rings. The second-order valence-electron chi connectivity index (χ2n) is 9.78. The molecule has 0 spiro atoms. The maximum atomic E-state index is 12.0. The van der Waals surface area contributed by atoms with Crippen LogP contribution in [0.4, 0.5) is 5.82 Å². The summed E-state index contributed by atoms with van der Waals surface area (Å²) in [6.07, 6.45) is 3.16. The second-order valence-corrected chi connectivity index (χ2v) is 9.78. The minimum Gasteiger partial charge on any atom is -0.366 e. The molecule has 1 amide bonds. The number of amides is 1. The molecule has 2 aromatic heterocycles. The molecule has 178 valence electrons. The van der Waals surface area contributed by atoms with Crippen molar-refractivity contribution in [2.45, 2.75) is 32.7 Å². The highest BCUT2D eigenvalue weighted by Gasteiger charge is 2.33. The van der Waals surface area contributed by atoms with Gasteiger partial charge in [0.25, 0.3) is 0 Å². The highest BCUT2D eigenvalue weighted by Crippen LogP contribution is 2.37. The van der Waals surface area contributed by atoms with Gasteiger partial charge in [-0.25, -0.2) is 4.98 Å². The highest BCUT2D eigenvalue weighted by molar-refractivity contribution is 6.06. The lowest BCUT2D eigenvalue weighted by Gasteiger charge is -2.37. The Morgan fingerprint density at radius 3 is 2.80 bits per heavy atom. The zero-order valence-corrected chi connectivity index (χ0v) is 19.9. The average molecular weight is 467 g/mol. The Balaban J connectivity index is 1.47. The van der Waals surface area contributed by atoms with Crippen molar-refractivity contribution in [1.82, 2.24) is 19.9 Å². The first-order valence-corrected chi connectivity index (χ1v) is 12.4. The third kappa shape index (κ3) is 3.96. The number of fused-ring (bicyclic) bond motifs is 3. The zero-order chi connectivity index (χ0) is 23.9. The van der Waals surface area contributed by atoms with E-state index in [1.165, 1.54) is 17.5 Å². The maximum absolute atomic E-state index is 12.0. The summed E-state index contributed by atoms with van der Waals surface area (Å²) in [4.78, 5) is 22.2. The molecule has 2 aromatic carbocycles. The van der Waals surface area contributed by atoms with Gasteiger partial charge in [-0.15, -0.1) is 0 Å².